The molecule has 14 heavy (non-hydrogen) atoms. The molecule has 1 aliphatic heterocycles. The van der Waals surface area contributed by atoms with Crippen molar-refractivity contribution < 1.29 is 9.59 Å². The molecule has 1 rings (SSSR count). The maximum absolute atomic E-state index is 11.4. The van der Waals surface area contributed by atoms with Crippen molar-refractivity contribution in [1.29, 1.82) is 0 Å². The monoisotopic (exact) mass is 218 g/mol. The number of hydrogen-bond donors (Lipinski definition) is 1. The Morgan fingerprint density at radius 3 is 2.50 bits per heavy atom. The number of carbonyl (C=O) groups is 2. The minimum absolute atomic E-state index is 0.0202. The van der Waals surface area contributed by atoms with Crippen molar-refractivity contribution in [3.63, 3.8) is 0 Å². The van der Waals surface area contributed by atoms with Crippen molar-refractivity contribution in [2.75, 3.05) is 19.6 Å². The summed E-state index contributed by atoms with van der Waals surface area (Å²) in [4.78, 5) is 24.3. The molecule has 1 fully saturated rings. The Hall–Kier alpha value is -0.770. The average Bonchev–Trinajstić information content (AvgIpc) is 2.66. The van der Waals surface area contributed by atoms with Gasteiger partial charge >= 0.3 is 0 Å². The van der Waals surface area contributed by atoms with E-state index in [-0.39, 0.29) is 18.4 Å². The molecule has 5 heteroatoms. The van der Waals surface area contributed by atoms with Crippen LogP contribution in [0.1, 0.15) is 19.8 Å². The van der Waals surface area contributed by atoms with Crippen LogP contribution in [0.5, 0.6) is 0 Å². The Labute approximate surface area is 88.6 Å². The lowest BCUT2D eigenvalue weighted by Gasteiger charge is -2.15. The third kappa shape index (κ3) is 3.18. The Balaban J connectivity index is 2.23. The largest absolute Gasteiger partial charge is 0.346 e. The number of nitrogens with zero attached hydrogens (tertiary/aromatic N) is 1. The van der Waals surface area contributed by atoms with E-state index in [0.717, 1.165) is 25.9 Å². The number of hydrogen-bond acceptors (Lipinski definition) is 2. The molecule has 1 atom stereocenters. The molecule has 4 nitrogen and oxygen atoms in total. The van der Waals surface area contributed by atoms with E-state index in [0.29, 0.717) is 0 Å². The number of amides is 2. The number of carbonyl (C=O) groups excluding carboxylic acids is 2. The maximum atomic E-state index is 11.4. The van der Waals surface area contributed by atoms with Gasteiger partial charge in [-0.2, -0.15) is 0 Å². The summed E-state index contributed by atoms with van der Waals surface area (Å²) in [5.41, 5.74) is 0. The molecule has 0 spiro atoms. The van der Waals surface area contributed by atoms with E-state index in [1.165, 1.54) is 0 Å². The Kier molecular flexibility index (Phi) is 4.20. The molecule has 0 bridgehead atoms. The maximum Gasteiger partial charge on any atom is 0.241 e. The van der Waals surface area contributed by atoms with E-state index in [1.54, 1.807) is 11.8 Å². The van der Waals surface area contributed by atoms with Gasteiger partial charge in [0.15, 0.2) is 0 Å². The zero-order valence-electron chi connectivity index (χ0n) is 8.25. The van der Waals surface area contributed by atoms with Crippen molar-refractivity contribution in [1.82, 2.24) is 10.2 Å². The number of alkyl halides is 1. The standard InChI is InChI=1S/C9H15ClN2O2/c1-7(10)9(14)11-6-8(13)12-4-2-3-5-12/h7H,2-6H2,1H3,(H,11,14). The third-order valence-electron chi connectivity index (χ3n) is 2.23. The summed E-state index contributed by atoms with van der Waals surface area (Å²) in [6.45, 7) is 3.27. The first-order valence-corrected chi connectivity index (χ1v) is 5.24. The lowest BCUT2D eigenvalue weighted by Crippen LogP contribution is -2.40. The minimum atomic E-state index is -0.582. The molecule has 1 N–H and O–H groups in total. The van der Waals surface area contributed by atoms with Gasteiger partial charge in [-0.1, -0.05) is 0 Å². The predicted molar refractivity (Wildman–Crippen MR) is 54.1 cm³/mol. The van der Waals surface area contributed by atoms with Crippen LogP contribution < -0.4 is 5.32 Å². The molecule has 0 aliphatic carbocycles. The van der Waals surface area contributed by atoms with Crippen molar-refractivity contribution in [3.8, 4) is 0 Å². The van der Waals surface area contributed by atoms with E-state index in [4.69, 9.17) is 11.6 Å². The first kappa shape index (κ1) is 11.3. The lowest BCUT2D eigenvalue weighted by molar-refractivity contribution is -0.131. The summed E-state index contributed by atoms with van der Waals surface area (Å²) >= 11 is 5.53. The number of nitrogens with one attached hydrogen (secondary N) is 1. The van der Waals surface area contributed by atoms with Gasteiger partial charge in [0.1, 0.15) is 5.38 Å². The Morgan fingerprint density at radius 2 is 2.00 bits per heavy atom. The third-order valence-corrected chi connectivity index (χ3v) is 2.43. The lowest BCUT2D eigenvalue weighted by atomic mass is 10.4. The quantitative estimate of drug-likeness (QED) is 0.696. The smallest absolute Gasteiger partial charge is 0.241 e. The molecule has 1 aliphatic rings. The molecule has 1 saturated heterocycles. The highest BCUT2D eigenvalue weighted by atomic mass is 35.5. The van der Waals surface area contributed by atoms with Crippen LogP contribution in [0.25, 0.3) is 0 Å². The molecule has 0 aromatic rings. The SMILES string of the molecule is CC(Cl)C(=O)NCC(=O)N1CCCC1. The van der Waals surface area contributed by atoms with Crippen LogP contribution in [-0.2, 0) is 9.59 Å². The van der Waals surface area contributed by atoms with Gasteiger partial charge in [-0.15, -0.1) is 11.6 Å². The van der Waals surface area contributed by atoms with Crippen molar-refractivity contribution in [3.05, 3.63) is 0 Å². The molecule has 1 heterocycles. The summed E-state index contributed by atoms with van der Waals surface area (Å²) in [6.07, 6.45) is 2.12. The zero-order valence-corrected chi connectivity index (χ0v) is 9.01. The van der Waals surface area contributed by atoms with E-state index >= 15 is 0 Å². The summed E-state index contributed by atoms with van der Waals surface area (Å²) < 4.78 is 0. The normalized spacial score (nSPS) is 18.0. The van der Waals surface area contributed by atoms with Gasteiger partial charge in [-0.05, 0) is 19.8 Å². The minimum Gasteiger partial charge on any atom is -0.346 e. The average molecular weight is 219 g/mol. The van der Waals surface area contributed by atoms with E-state index in [2.05, 4.69) is 5.32 Å². The summed E-state index contributed by atoms with van der Waals surface area (Å²) in [7, 11) is 0. The van der Waals surface area contributed by atoms with Crippen molar-refractivity contribution in [2.45, 2.75) is 25.1 Å². The van der Waals surface area contributed by atoms with Crippen LogP contribution in [0.15, 0.2) is 0 Å². The summed E-state index contributed by atoms with van der Waals surface area (Å²) in [5, 5.41) is 1.91. The highest BCUT2D eigenvalue weighted by Gasteiger charge is 2.18. The molecule has 0 aromatic carbocycles. The molecular weight excluding hydrogens is 204 g/mol. The van der Waals surface area contributed by atoms with Gasteiger partial charge in [-0.3, -0.25) is 9.59 Å². The number of likely N-dealkylation sites (tertiary alicyclic amines) is 1. The number of halogens is 1. The van der Waals surface area contributed by atoms with Crippen LogP contribution in [0.2, 0.25) is 0 Å². The second-order valence-electron chi connectivity index (χ2n) is 3.42. The van der Waals surface area contributed by atoms with E-state index < -0.39 is 5.38 Å². The Bertz CT molecular complexity index is 225. The van der Waals surface area contributed by atoms with Gasteiger partial charge in [0, 0.05) is 13.1 Å². The fraction of sp³-hybridized carbons (Fsp3) is 0.778. The molecule has 1 unspecified atom stereocenters. The highest BCUT2D eigenvalue weighted by molar-refractivity contribution is 6.30. The van der Waals surface area contributed by atoms with Crippen LogP contribution >= 0.6 is 11.6 Å². The first-order chi connectivity index (χ1) is 6.61. The van der Waals surface area contributed by atoms with E-state index in [9.17, 15) is 9.59 Å². The van der Waals surface area contributed by atoms with Gasteiger partial charge < -0.3 is 10.2 Å². The van der Waals surface area contributed by atoms with Crippen molar-refractivity contribution >= 4 is 23.4 Å². The Morgan fingerprint density at radius 1 is 1.43 bits per heavy atom. The predicted octanol–water partition coefficient (Wildman–Crippen LogP) is 0.352. The van der Waals surface area contributed by atoms with Crippen molar-refractivity contribution in [2.24, 2.45) is 0 Å². The molecule has 0 saturated carbocycles. The second-order valence-corrected chi connectivity index (χ2v) is 4.08. The fourth-order valence-corrected chi connectivity index (χ4v) is 1.46. The second kappa shape index (κ2) is 5.20. The highest BCUT2D eigenvalue weighted by Crippen LogP contribution is 2.06. The van der Waals surface area contributed by atoms with Crippen LogP contribution in [0.3, 0.4) is 0 Å². The van der Waals surface area contributed by atoms with Gasteiger partial charge in [0.05, 0.1) is 6.54 Å². The fourth-order valence-electron chi connectivity index (χ4n) is 1.38. The zero-order chi connectivity index (χ0) is 10.6. The van der Waals surface area contributed by atoms with Crippen LogP contribution in [0, 0.1) is 0 Å². The van der Waals surface area contributed by atoms with Crippen LogP contribution in [0.4, 0.5) is 0 Å². The summed E-state index contributed by atoms with van der Waals surface area (Å²) in [6, 6.07) is 0. The van der Waals surface area contributed by atoms with Gasteiger partial charge in [0.25, 0.3) is 0 Å². The topological polar surface area (TPSA) is 49.4 Å². The molecule has 2 amide bonds. The van der Waals surface area contributed by atoms with Crippen LogP contribution in [-0.4, -0.2) is 41.7 Å². The molecule has 0 radical (unpaired) electrons. The van der Waals surface area contributed by atoms with E-state index in [1.807, 2.05) is 0 Å². The molecular formula is C9H15ClN2O2. The first-order valence-electron chi connectivity index (χ1n) is 4.81. The van der Waals surface area contributed by atoms with Gasteiger partial charge in [-0.25, -0.2) is 0 Å². The number of rotatable bonds is 3. The molecule has 80 valence electrons. The molecule has 0 aromatic heterocycles. The van der Waals surface area contributed by atoms with Gasteiger partial charge in [0.2, 0.25) is 11.8 Å². The summed E-state index contributed by atoms with van der Waals surface area (Å²) in [5.74, 6) is -0.313.